The van der Waals surface area contributed by atoms with Crippen molar-refractivity contribution in [3.8, 4) is 0 Å². The monoisotopic (exact) mass is 278 g/mol. The highest BCUT2D eigenvalue weighted by molar-refractivity contribution is 5.98. The van der Waals surface area contributed by atoms with Crippen molar-refractivity contribution in [1.82, 2.24) is 0 Å². The second-order valence-electron chi connectivity index (χ2n) is 4.96. The van der Waals surface area contributed by atoms with Gasteiger partial charge in [0.1, 0.15) is 0 Å². The largest absolute Gasteiger partial charge is 0.465 e. The zero-order valence-corrected chi connectivity index (χ0v) is 11.9. The molecule has 1 aromatic rings. The maximum atomic E-state index is 11.6. The molecule has 1 unspecified atom stereocenters. The van der Waals surface area contributed by atoms with E-state index < -0.39 is 5.97 Å². The lowest BCUT2D eigenvalue weighted by molar-refractivity contribution is 0.0134. The summed E-state index contributed by atoms with van der Waals surface area (Å²) in [7, 11) is 1.35. The summed E-state index contributed by atoms with van der Waals surface area (Å²) in [5.74, 6) is -0.415. The molecule has 1 saturated heterocycles. The van der Waals surface area contributed by atoms with Crippen LogP contribution in [0, 0.1) is 0 Å². The minimum atomic E-state index is -0.415. The van der Waals surface area contributed by atoms with Gasteiger partial charge < -0.3 is 20.5 Å². The van der Waals surface area contributed by atoms with Gasteiger partial charge in [0, 0.05) is 13.2 Å². The molecule has 2 rings (SSSR count). The summed E-state index contributed by atoms with van der Waals surface area (Å²) in [5.41, 5.74) is 7.58. The molecule has 0 saturated carbocycles. The number of para-hydroxylation sites is 1. The van der Waals surface area contributed by atoms with Gasteiger partial charge in [-0.15, -0.1) is 0 Å². The first kappa shape index (κ1) is 14.7. The Bertz CT molecular complexity index is 456. The summed E-state index contributed by atoms with van der Waals surface area (Å²) >= 11 is 0. The highest BCUT2D eigenvalue weighted by Crippen LogP contribution is 2.24. The van der Waals surface area contributed by atoms with Crippen molar-refractivity contribution >= 4 is 17.3 Å². The third kappa shape index (κ3) is 3.63. The van der Waals surface area contributed by atoms with Crippen LogP contribution in [0.15, 0.2) is 18.2 Å². The van der Waals surface area contributed by atoms with Crippen LogP contribution in [0.4, 0.5) is 11.4 Å². The molecule has 1 aliphatic heterocycles. The fraction of sp³-hybridized carbons (Fsp3) is 0.533. The van der Waals surface area contributed by atoms with Crippen molar-refractivity contribution in [2.45, 2.75) is 31.8 Å². The van der Waals surface area contributed by atoms with Crippen molar-refractivity contribution in [1.29, 1.82) is 0 Å². The number of hydrogen-bond donors (Lipinski definition) is 2. The molecule has 5 nitrogen and oxygen atoms in total. The van der Waals surface area contributed by atoms with Crippen molar-refractivity contribution < 1.29 is 14.3 Å². The zero-order chi connectivity index (χ0) is 14.4. The Morgan fingerprint density at radius 1 is 1.50 bits per heavy atom. The first-order valence-corrected chi connectivity index (χ1v) is 7.04. The molecule has 0 spiro atoms. The topological polar surface area (TPSA) is 73.6 Å². The van der Waals surface area contributed by atoms with Crippen LogP contribution in [0.5, 0.6) is 0 Å². The van der Waals surface area contributed by atoms with Gasteiger partial charge in [-0.25, -0.2) is 4.79 Å². The third-order valence-corrected chi connectivity index (χ3v) is 3.57. The number of esters is 1. The maximum Gasteiger partial charge on any atom is 0.340 e. The van der Waals surface area contributed by atoms with E-state index in [9.17, 15) is 4.79 Å². The molecule has 20 heavy (non-hydrogen) atoms. The molecule has 1 heterocycles. The van der Waals surface area contributed by atoms with Crippen LogP contribution in [-0.2, 0) is 9.47 Å². The molecular formula is C15H22N2O3. The molecule has 0 aliphatic carbocycles. The average Bonchev–Trinajstić information content (AvgIpc) is 2.49. The van der Waals surface area contributed by atoms with Crippen LogP contribution in [0.2, 0.25) is 0 Å². The lowest BCUT2D eigenvalue weighted by Crippen LogP contribution is -2.22. The predicted octanol–water partition coefficient (Wildman–Crippen LogP) is 2.43. The summed E-state index contributed by atoms with van der Waals surface area (Å²) in [6, 6.07) is 5.32. The van der Waals surface area contributed by atoms with E-state index in [0.29, 0.717) is 17.4 Å². The second-order valence-corrected chi connectivity index (χ2v) is 4.96. The van der Waals surface area contributed by atoms with Gasteiger partial charge in [-0.1, -0.05) is 6.07 Å². The minimum absolute atomic E-state index is 0.335. The van der Waals surface area contributed by atoms with E-state index in [-0.39, 0.29) is 0 Å². The van der Waals surface area contributed by atoms with E-state index in [4.69, 9.17) is 15.2 Å². The Kier molecular flexibility index (Phi) is 5.24. The normalized spacial score (nSPS) is 18.6. The fourth-order valence-corrected chi connectivity index (χ4v) is 2.41. The van der Waals surface area contributed by atoms with Crippen molar-refractivity contribution in [3.63, 3.8) is 0 Å². The number of nitrogens with one attached hydrogen (secondary N) is 1. The minimum Gasteiger partial charge on any atom is -0.465 e. The van der Waals surface area contributed by atoms with Gasteiger partial charge in [0.05, 0.1) is 30.2 Å². The number of rotatable bonds is 5. The van der Waals surface area contributed by atoms with E-state index >= 15 is 0 Å². The number of carbonyl (C=O) groups excluding carboxylic acids is 1. The van der Waals surface area contributed by atoms with Crippen molar-refractivity contribution in [2.75, 3.05) is 31.3 Å². The number of nitrogen functional groups attached to an aromatic ring is 1. The predicted molar refractivity (Wildman–Crippen MR) is 78.9 cm³/mol. The number of ether oxygens (including phenoxy) is 2. The fourth-order valence-electron chi connectivity index (χ4n) is 2.41. The number of nitrogens with two attached hydrogens (primary N) is 1. The molecule has 1 aromatic carbocycles. The van der Waals surface area contributed by atoms with Crippen LogP contribution in [0.3, 0.4) is 0 Å². The highest BCUT2D eigenvalue weighted by Gasteiger charge is 2.15. The quantitative estimate of drug-likeness (QED) is 0.639. The van der Waals surface area contributed by atoms with Gasteiger partial charge in [-0.05, 0) is 37.8 Å². The number of hydrogen-bond acceptors (Lipinski definition) is 5. The lowest BCUT2D eigenvalue weighted by atomic mass is 10.1. The molecule has 0 bridgehead atoms. The Balaban J connectivity index is 1.90. The summed E-state index contributed by atoms with van der Waals surface area (Å²) in [4.78, 5) is 11.6. The molecule has 0 aromatic heterocycles. The van der Waals surface area contributed by atoms with Crippen molar-refractivity contribution in [2.24, 2.45) is 0 Å². The van der Waals surface area contributed by atoms with Crippen LogP contribution in [-0.4, -0.2) is 32.3 Å². The smallest absolute Gasteiger partial charge is 0.340 e. The van der Waals surface area contributed by atoms with Gasteiger partial charge >= 0.3 is 5.97 Å². The van der Waals surface area contributed by atoms with Crippen LogP contribution in [0.25, 0.3) is 0 Å². The SMILES string of the molecule is COC(=O)c1cccc(NCCC2CCCCO2)c1N. The molecule has 5 heteroatoms. The molecule has 3 N–H and O–H groups in total. The molecule has 110 valence electrons. The van der Waals surface area contributed by atoms with Gasteiger partial charge in [0.15, 0.2) is 0 Å². The van der Waals surface area contributed by atoms with Crippen molar-refractivity contribution in [3.05, 3.63) is 23.8 Å². The molecule has 0 radical (unpaired) electrons. The summed E-state index contributed by atoms with van der Waals surface area (Å²) in [6.07, 6.45) is 4.81. The Hall–Kier alpha value is -1.75. The number of anilines is 2. The summed E-state index contributed by atoms with van der Waals surface area (Å²) in [5, 5.41) is 3.27. The number of methoxy groups -OCH3 is 1. The second kappa shape index (κ2) is 7.14. The zero-order valence-electron chi connectivity index (χ0n) is 11.9. The van der Waals surface area contributed by atoms with E-state index in [1.807, 2.05) is 6.07 Å². The molecule has 0 amide bonds. The maximum absolute atomic E-state index is 11.6. The molecule has 1 fully saturated rings. The first-order chi connectivity index (χ1) is 9.72. The standard InChI is InChI=1S/C15H22N2O3/c1-19-15(18)12-6-4-7-13(14(12)16)17-9-8-11-5-2-3-10-20-11/h4,6-7,11,17H,2-3,5,8-10,16H2,1H3. The summed E-state index contributed by atoms with van der Waals surface area (Å²) < 4.78 is 10.4. The van der Waals surface area contributed by atoms with E-state index in [1.165, 1.54) is 13.5 Å². The molecular weight excluding hydrogens is 256 g/mol. The average molecular weight is 278 g/mol. The Morgan fingerprint density at radius 2 is 2.35 bits per heavy atom. The first-order valence-electron chi connectivity index (χ1n) is 7.04. The van der Waals surface area contributed by atoms with Gasteiger partial charge in [-0.3, -0.25) is 0 Å². The van der Waals surface area contributed by atoms with Crippen LogP contribution >= 0.6 is 0 Å². The number of benzene rings is 1. The van der Waals surface area contributed by atoms with E-state index in [2.05, 4.69) is 5.32 Å². The molecule has 1 aliphatic rings. The molecule has 1 atom stereocenters. The highest BCUT2D eigenvalue weighted by atomic mass is 16.5. The van der Waals surface area contributed by atoms with Gasteiger partial charge in [-0.2, -0.15) is 0 Å². The summed E-state index contributed by atoms with van der Waals surface area (Å²) in [6.45, 7) is 1.64. The van der Waals surface area contributed by atoms with E-state index in [0.717, 1.165) is 38.1 Å². The Labute approximate surface area is 119 Å². The van der Waals surface area contributed by atoms with E-state index in [1.54, 1.807) is 12.1 Å². The lowest BCUT2D eigenvalue weighted by Gasteiger charge is -2.23. The van der Waals surface area contributed by atoms with Crippen LogP contribution < -0.4 is 11.1 Å². The van der Waals surface area contributed by atoms with Gasteiger partial charge in [0.25, 0.3) is 0 Å². The van der Waals surface area contributed by atoms with Gasteiger partial charge in [0.2, 0.25) is 0 Å². The number of carbonyl (C=O) groups is 1. The third-order valence-electron chi connectivity index (χ3n) is 3.57. The van der Waals surface area contributed by atoms with Crippen LogP contribution in [0.1, 0.15) is 36.0 Å². The Morgan fingerprint density at radius 3 is 3.05 bits per heavy atom.